The Morgan fingerprint density at radius 2 is 1.86 bits per heavy atom. The van der Waals surface area contributed by atoms with Crippen molar-refractivity contribution in [2.75, 3.05) is 23.3 Å². The minimum Gasteiger partial charge on any atom is -0.372 e. The van der Waals surface area contributed by atoms with E-state index in [1.807, 2.05) is 31.2 Å². The van der Waals surface area contributed by atoms with Crippen LogP contribution in [0.1, 0.15) is 51.5 Å². The van der Waals surface area contributed by atoms with E-state index in [9.17, 15) is 9.59 Å². The van der Waals surface area contributed by atoms with Gasteiger partial charge < -0.3 is 10.2 Å². The molecule has 0 saturated carbocycles. The summed E-state index contributed by atoms with van der Waals surface area (Å²) in [6.07, 6.45) is 2.17. The van der Waals surface area contributed by atoms with Crippen molar-refractivity contribution in [3.63, 3.8) is 0 Å². The van der Waals surface area contributed by atoms with Crippen LogP contribution >= 0.6 is 11.3 Å². The number of allylic oxidation sites excluding steroid dienone is 3. The first-order valence-corrected chi connectivity index (χ1v) is 13.1. The Balaban J connectivity index is 1.54. The fraction of sp³-hybridized carbons (Fsp3) is 0.321. The molecule has 35 heavy (non-hydrogen) atoms. The number of carbonyl (C=O) groups excluding carboxylic acids is 2. The Labute approximate surface area is 209 Å². The molecule has 1 unspecified atom stereocenters. The van der Waals surface area contributed by atoms with Crippen molar-refractivity contribution < 1.29 is 9.59 Å². The molecule has 2 aliphatic rings. The van der Waals surface area contributed by atoms with Crippen molar-refractivity contribution in [3.05, 3.63) is 76.6 Å². The molecule has 5 rings (SSSR count). The molecule has 1 amide bonds. The van der Waals surface area contributed by atoms with E-state index in [4.69, 9.17) is 0 Å². The Hall–Kier alpha value is -3.45. The van der Waals surface area contributed by atoms with Crippen LogP contribution in [0.5, 0.6) is 0 Å². The number of anilines is 2. The smallest absolute Gasteiger partial charge is 0.256 e. The highest BCUT2D eigenvalue weighted by molar-refractivity contribution is 7.22. The number of nitrogens with one attached hydrogen (secondary N) is 2. The fourth-order valence-electron chi connectivity index (χ4n) is 5.17. The number of nitrogens with zero attached hydrogens (tertiary/aromatic N) is 2. The van der Waals surface area contributed by atoms with Gasteiger partial charge in [-0.2, -0.15) is 0 Å². The third-order valence-corrected chi connectivity index (χ3v) is 7.84. The highest BCUT2D eigenvalue weighted by atomic mass is 32.1. The molecule has 2 N–H and O–H groups in total. The van der Waals surface area contributed by atoms with E-state index in [2.05, 4.69) is 58.6 Å². The summed E-state index contributed by atoms with van der Waals surface area (Å²) >= 11 is 1.45. The molecular weight excluding hydrogens is 456 g/mol. The first-order valence-electron chi connectivity index (χ1n) is 12.3. The summed E-state index contributed by atoms with van der Waals surface area (Å²) in [5.74, 6) is -0.509. The number of ketones is 1. The second kappa shape index (κ2) is 9.66. The predicted molar refractivity (Wildman–Crippen MR) is 143 cm³/mol. The lowest BCUT2D eigenvalue weighted by Gasteiger charge is -2.34. The fourth-order valence-corrected chi connectivity index (χ4v) is 6.04. The van der Waals surface area contributed by atoms with Crippen molar-refractivity contribution in [3.8, 4) is 0 Å². The van der Waals surface area contributed by atoms with Crippen LogP contribution in [0.4, 0.5) is 10.8 Å². The lowest BCUT2D eigenvalue weighted by molar-refractivity contribution is -0.116. The normalized spacial score (nSPS) is 17.9. The van der Waals surface area contributed by atoms with Crippen LogP contribution in [0, 0.1) is 0 Å². The highest BCUT2D eigenvalue weighted by Crippen LogP contribution is 2.43. The second-order valence-electron chi connectivity index (χ2n) is 8.97. The monoisotopic (exact) mass is 486 g/mol. The quantitative estimate of drug-likeness (QED) is 0.464. The van der Waals surface area contributed by atoms with Gasteiger partial charge in [0.25, 0.3) is 5.91 Å². The molecule has 0 fully saturated rings. The topological polar surface area (TPSA) is 74.3 Å². The number of para-hydroxylation sites is 1. The zero-order valence-corrected chi connectivity index (χ0v) is 21.2. The summed E-state index contributed by atoms with van der Waals surface area (Å²) in [6, 6.07) is 16.1. The summed E-state index contributed by atoms with van der Waals surface area (Å²) < 4.78 is 1.02. The predicted octanol–water partition coefficient (Wildman–Crippen LogP) is 5.75. The first-order chi connectivity index (χ1) is 17.0. The van der Waals surface area contributed by atoms with Gasteiger partial charge in [-0.1, -0.05) is 35.6 Å². The highest BCUT2D eigenvalue weighted by Gasteiger charge is 2.38. The largest absolute Gasteiger partial charge is 0.372 e. The number of hydrogen-bond acceptors (Lipinski definition) is 6. The van der Waals surface area contributed by atoms with Gasteiger partial charge in [-0.25, -0.2) is 4.98 Å². The van der Waals surface area contributed by atoms with E-state index >= 15 is 0 Å². The lowest BCUT2D eigenvalue weighted by atomic mass is 9.75. The molecule has 1 aliphatic carbocycles. The molecule has 2 aromatic carbocycles. The van der Waals surface area contributed by atoms with Gasteiger partial charge in [0.1, 0.15) is 0 Å². The lowest BCUT2D eigenvalue weighted by Crippen LogP contribution is -2.35. The van der Waals surface area contributed by atoms with Crippen molar-refractivity contribution in [2.24, 2.45) is 0 Å². The number of Topliss-reactive ketones (excluding diaryl/α,β-unsaturated/α-hetero) is 1. The third kappa shape index (κ3) is 4.36. The minimum absolute atomic E-state index is 0.120. The second-order valence-corrected chi connectivity index (χ2v) is 10.0. The molecule has 1 aromatic heterocycles. The molecule has 0 spiro atoms. The van der Waals surface area contributed by atoms with Crippen molar-refractivity contribution in [2.45, 2.75) is 46.0 Å². The van der Waals surface area contributed by atoms with E-state index in [0.717, 1.165) is 64.4 Å². The molecule has 1 atom stereocenters. The maximum Gasteiger partial charge on any atom is 0.256 e. The number of aromatic nitrogens is 1. The van der Waals surface area contributed by atoms with Gasteiger partial charge in [-0.15, -0.1) is 0 Å². The van der Waals surface area contributed by atoms with Crippen LogP contribution in [0.3, 0.4) is 0 Å². The number of rotatable bonds is 6. The summed E-state index contributed by atoms with van der Waals surface area (Å²) in [6.45, 7) is 8.04. The van der Waals surface area contributed by atoms with E-state index in [-0.39, 0.29) is 11.7 Å². The summed E-state index contributed by atoms with van der Waals surface area (Å²) in [7, 11) is 0. The van der Waals surface area contributed by atoms with E-state index in [1.54, 1.807) is 0 Å². The number of amides is 1. The van der Waals surface area contributed by atoms with Crippen LogP contribution < -0.4 is 15.5 Å². The SMILES string of the molecule is CCN(CC)c1ccc(C2C(C(=O)Nc3nc4ccccc4s3)=C(C)NC3=C2C(=O)CCC3)cc1. The number of thiazole rings is 1. The summed E-state index contributed by atoms with van der Waals surface area (Å²) in [4.78, 5) is 33.7. The molecule has 1 aliphatic heterocycles. The maximum atomic E-state index is 13.7. The van der Waals surface area contributed by atoms with E-state index in [0.29, 0.717) is 17.1 Å². The number of dihydropyridines is 1. The van der Waals surface area contributed by atoms with Gasteiger partial charge in [0.2, 0.25) is 0 Å². The first kappa shape index (κ1) is 23.3. The number of fused-ring (bicyclic) bond motifs is 1. The van der Waals surface area contributed by atoms with Gasteiger partial charge in [-0.05, 0) is 63.4 Å². The maximum absolute atomic E-state index is 13.7. The van der Waals surface area contributed by atoms with Crippen molar-refractivity contribution in [1.82, 2.24) is 10.3 Å². The summed E-state index contributed by atoms with van der Waals surface area (Å²) in [5.41, 5.74) is 6.00. The standard InChI is InChI=1S/C28H30N4O2S/c1-4-32(5-2)19-15-13-18(14-16-19)25-24(17(3)29-21-10-8-11-22(33)26(21)25)27(34)31-28-30-20-9-6-7-12-23(20)35-28/h6-7,9,12-16,25,29H,4-5,8,10-11H2,1-3H3,(H,30,31,34). The molecule has 0 bridgehead atoms. The van der Waals surface area contributed by atoms with Gasteiger partial charge >= 0.3 is 0 Å². The zero-order chi connectivity index (χ0) is 24.5. The van der Waals surface area contributed by atoms with Gasteiger partial charge in [0, 0.05) is 53.7 Å². The Bertz CT molecular complexity index is 1320. The van der Waals surface area contributed by atoms with E-state index in [1.165, 1.54) is 11.3 Å². The molecule has 2 heterocycles. The van der Waals surface area contributed by atoms with Gasteiger partial charge in [-0.3, -0.25) is 14.9 Å². The third-order valence-electron chi connectivity index (χ3n) is 6.89. The van der Waals surface area contributed by atoms with Crippen LogP contribution in [-0.2, 0) is 9.59 Å². The summed E-state index contributed by atoms with van der Waals surface area (Å²) in [5, 5.41) is 6.97. The minimum atomic E-state index is -0.404. The molecular formula is C28H30N4O2S. The number of benzene rings is 2. The van der Waals surface area contributed by atoms with Crippen molar-refractivity contribution >= 4 is 44.1 Å². The number of carbonyl (C=O) groups is 2. The average Bonchev–Trinajstić information content (AvgIpc) is 3.27. The van der Waals surface area contributed by atoms with Crippen LogP contribution in [-0.4, -0.2) is 29.8 Å². The molecule has 3 aromatic rings. The zero-order valence-electron chi connectivity index (χ0n) is 20.4. The van der Waals surface area contributed by atoms with Crippen molar-refractivity contribution in [1.29, 1.82) is 0 Å². The Kier molecular flexibility index (Phi) is 6.43. The average molecular weight is 487 g/mol. The van der Waals surface area contributed by atoms with Crippen LogP contribution in [0.2, 0.25) is 0 Å². The molecule has 6 nitrogen and oxygen atoms in total. The molecule has 180 valence electrons. The van der Waals surface area contributed by atoms with Crippen LogP contribution in [0.25, 0.3) is 10.2 Å². The Morgan fingerprint density at radius 1 is 1.11 bits per heavy atom. The van der Waals surface area contributed by atoms with Gasteiger partial charge in [0.15, 0.2) is 10.9 Å². The number of hydrogen-bond donors (Lipinski definition) is 2. The Morgan fingerprint density at radius 3 is 2.57 bits per heavy atom. The van der Waals surface area contributed by atoms with Crippen LogP contribution in [0.15, 0.2) is 71.1 Å². The molecule has 7 heteroatoms. The van der Waals surface area contributed by atoms with Gasteiger partial charge in [0.05, 0.1) is 10.2 Å². The van der Waals surface area contributed by atoms with E-state index < -0.39 is 5.92 Å². The molecule has 0 radical (unpaired) electrons. The molecule has 0 saturated heterocycles.